The Kier molecular flexibility index (Phi) is 28.1. The molecule has 0 aliphatic carbocycles. The lowest BCUT2D eigenvalue weighted by atomic mass is 10.0. The second kappa shape index (κ2) is 25.6. The van der Waals surface area contributed by atoms with Crippen LogP contribution in [0.25, 0.3) is 0 Å². The quantitative estimate of drug-likeness (QED) is 0.171. The zero-order chi connectivity index (χ0) is 28.7. The third-order valence-electron chi connectivity index (χ3n) is 4.90. The second-order valence-corrected chi connectivity index (χ2v) is 10.4. The molecule has 0 amide bonds. The van der Waals surface area contributed by atoms with Gasteiger partial charge in [0.25, 0.3) is 0 Å². The summed E-state index contributed by atoms with van der Waals surface area (Å²) < 4.78 is 0. The van der Waals surface area contributed by atoms with E-state index in [4.69, 9.17) is 39.8 Å². The zero-order valence-electron chi connectivity index (χ0n) is 25.2. The van der Waals surface area contributed by atoms with Crippen molar-refractivity contribution in [3.8, 4) is 0 Å². The Morgan fingerprint density at radius 1 is 0.944 bits per heavy atom. The Morgan fingerprint density at radius 2 is 1.44 bits per heavy atom. The molecular weight excluding hydrogens is 505 g/mol. The highest BCUT2D eigenvalue weighted by Crippen LogP contribution is 2.19. The molecule has 0 aliphatic heterocycles. The Hall–Kier alpha value is -1.02. The van der Waals surface area contributed by atoms with E-state index in [1.807, 2.05) is 19.1 Å². The summed E-state index contributed by atoms with van der Waals surface area (Å²) in [5.41, 5.74) is 6.12. The largest absolute Gasteiger partial charge is 0.261 e. The first-order valence-corrected chi connectivity index (χ1v) is 14.7. The van der Waals surface area contributed by atoms with Gasteiger partial charge in [-0.15, -0.1) is 11.6 Å². The highest BCUT2D eigenvalue weighted by atomic mass is 35.5. The number of hydrogen-bond donors (Lipinski definition) is 0. The molecule has 1 aromatic rings. The predicted octanol–water partition coefficient (Wildman–Crippen LogP) is 12.7. The topological polar surface area (TPSA) is 12.4 Å². The lowest BCUT2D eigenvalue weighted by molar-refractivity contribution is 0.712. The van der Waals surface area contributed by atoms with Gasteiger partial charge in [-0.3, -0.25) is 4.99 Å². The van der Waals surface area contributed by atoms with Gasteiger partial charge in [0.15, 0.2) is 0 Å². The highest BCUT2D eigenvalue weighted by Gasteiger charge is 2.10. The van der Waals surface area contributed by atoms with Gasteiger partial charge in [-0.05, 0) is 82.6 Å². The summed E-state index contributed by atoms with van der Waals surface area (Å²) in [5.74, 6) is 1.49. The fraction of sp³-hybridized carbons (Fsp3) is 0.594. The maximum Gasteiger partial charge on any atom is 0.0610 e. The molecule has 0 heterocycles. The molecule has 0 saturated heterocycles. The van der Waals surface area contributed by atoms with Gasteiger partial charge >= 0.3 is 0 Å². The number of allylic oxidation sites excluding steroid dienone is 6. The molecule has 1 rings (SSSR count). The van der Waals surface area contributed by atoms with Crippen molar-refractivity contribution < 1.29 is 0 Å². The van der Waals surface area contributed by atoms with Gasteiger partial charge in [-0.25, -0.2) is 0 Å². The van der Waals surface area contributed by atoms with Crippen molar-refractivity contribution >= 4 is 40.5 Å². The number of nitrogens with zero attached hydrogens (tertiary/aromatic N) is 1. The molecule has 0 bridgehead atoms. The number of aliphatic imine (C=N–C) groups is 1. The lowest BCUT2D eigenvalue weighted by Gasteiger charge is -2.14. The molecule has 1 unspecified atom stereocenters. The molecule has 0 aromatic heterocycles. The Bertz CT molecular complexity index is 747. The minimum absolute atomic E-state index is 0.470. The van der Waals surface area contributed by atoms with Crippen LogP contribution in [0.15, 0.2) is 58.3 Å². The van der Waals surface area contributed by atoms with E-state index in [1.165, 1.54) is 23.3 Å². The summed E-state index contributed by atoms with van der Waals surface area (Å²) in [6, 6.07) is 5.46. The minimum atomic E-state index is 0.470. The van der Waals surface area contributed by atoms with Crippen molar-refractivity contribution in [3.63, 3.8) is 0 Å². The van der Waals surface area contributed by atoms with Gasteiger partial charge in [-0.1, -0.05) is 114 Å². The van der Waals surface area contributed by atoms with Crippen molar-refractivity contribution in [2.45, 2.75) is 109 Å². The minimum Gasteiger partial charge on any atom is -0.261 e. The van der Waals surface area contributed by atoms with E-state index in [1.54, 1.807) is 6.07 Å². The van der Waals surface area contributed by atoms with E-state index < -0.39 is 0 Å². The van der Waals surface area contributed by atoms with E-state index in [2.05, 4.69) is 94.4 Å². The van der Waals surface area contributed by atoms with E-state index in [0.717, 1.165) is 30.5 Å². The first kappa shape index (κ1) is 39.5. The molecule has 1 nitrogen and oxygen atoms in total. The molecule has 0 saturated carbocycles. The second-order valence-electron chi connectivity index (χ2n) is 9.28. The summed E-state index contributed by atoms with van der Waals surface area (Å²) in [6.07, 6.45) is 11.2. The molecule has 1 aromatic carbocycles. The number of alkyl halides is 1. The molecule has 36 heavy (non-hydrogen) atoms. The highest BCUT2D eigenvalue weighted by molar-refractivity contribution is 6.34. The smallest absolute Gasteiger partial charge is 0.0610 e. The van der Waals surface area contributed by atoms with Crippen LogP contribution in [-0.2, 0) is 0 Å². The standard InChI is InChI=1S/C13H24ClN.C9H16.C7H6Cl2.C3H8/c1-7-11(6)12(8-14)15-13(9(2)3)10(4)5;1-4-7-9(6-3)8-5-2;1-5-2-6(8)4-7(9)3-5;1-3-2/h9,11H,7-8H2,1-6H3;4,7-8H,5-6H2,1-3H3;2-4H,1H3;3H2,1-2H3/b;7-4-,9-8-;;. The Balaban J connectivity index is -0.000000448. The van der Waals surface area contributed by atoms with Gasteiger partial charge in [-0.2, -0.15) is 0 Å². The van der Waals surface area contributed by atoms with Crippen LogP contribution in [-0.4, -0.2) is 11.6 Å². The lowest BCUT2D eigenvalue weighted by Crippen LogP contribution is -2.13. The van der Waals surface area contributed by atoms with Gasteiger partial charge in [0.2, 0.25) is 0 Å². The predicted molar refractivity (Wildman–Crippen MR) is 171 cm³/mol. The van der Waals surface area contributed by atoms with Crippen molar-refractivity contribution in [3.05, 3.63) is 68.9 Å². The number of rotatable bonds is 8. The third-order valence-corrected chi connectivity index (χ3v) is 5.61. The fourth-order valence-electron chi connectivity index (χ4n) is 2.98. The Morgan fingerprint density at radius 3 is 1.72 bits per heavy atom. The molecule has 1 atom stereocenters. The number of halogens is 3. The van der Waals surface area contributed by atoms with Gasteiger partial charge < -0.3 is 0 Å². The van der Waals surface area contributed by atoms with Crippen molar-refractivity contribution in [1.29, 1.82) is 0 Å². The average Bonchev–Trinajstić information content (AvgIpc) is 2.79. The van der Waals surface area contributed by atoms with Crippen molar-refractivity contribution in [2.24, 2.45) is 16.8 Å². The monoisotopic (exact) mass is 557 g/mol. The van der Waals surface area contributed by atoms with E-state index in [9.17, 15) is 0 Å². The van der Waals surface area contributed by atoms with Gasteiger partial charge in [0.1, 0.15) is 0 Å². The molecule has 4 heteroatoms. The maximum absolute atomic E-state index is 5.94. The first-order chi connectivity index (χ1) is 16.9. The summed E-state index contributed by atoms with van der Waals surface area (Å²) in [7, 11) is 0. The summed E-state index contributed by atoms with van der Waals surface area (Å²) >= 11 is 17.3. The third kappa shape index (κ3) is 22.2. The maximum atomic E-state index is 5.94. The molecule has 208 valence electrons. The van der Waals surface area contributed by atoms with Crippen LogP contribution in [0, 0.1) is 18.8 Å². The van der Waals surface area contributed by atoms with Crippen LogP contribution in [0.5, 0.6) is 0 Å². The molecule has 0 radical (unpaired) electrons. The van der Waals surface area contributed by atoms with Gasteiger partial charge in [0.05, 0.1) is 5.88 Å². The summed E-state index contributed by atoms with van der Waals surface area (Å²) in [4.78, 5) is 4.73. The molecule has 0 spiro atoms. The summed E-state index contributed by atoms with van der Waals surface area (Å²) in [6.45, 7) is 25.5. The van der Waals surface area contributed by atoms with Crippen LogP contribution in [0.1, 0.15) is 107 Å². The molecule has 0 N–H and O–H groups in total. The molecule has 0 fully saturated rings. The van der Waals surface area contributed by atoms with Crippen LogP contribution in [0.2, 0.25) is 10.0 Å². The van der Waals surface area contributed by atoms with Gasteiger partial charge in [0, 0.05) is 21.5 Å². The molecular formula is C32H54Cl3N. The van der Waals surface area contributed by atoms with Crippen LogP contribution in [0.4, 0.5) is 0 Å². The number of aryl methyl sites for hydroxylation is 1. The normalized spacial score (nSPS) is 12.1. The van der Waals surface area contributed by atoms with Crippen LogP contribution >= 0.6 is 34.8 Å². The van der Waals surface area contributed by atoms with E-state index in [0.29, 0.717) is 27.8 Å². The van der Waals surface area contributed by atoms with E-state index >= 15 is 0 Å². The molecule has 0 aliphatic rings. The van der Waals surface area contributed by atoms with Crippen LogP contribution in [0.3, 0.4) is 0 Å². The van der Waals surface area contributed by atoms with E-state index in [-0.39, 0.29) is 0 Å². The zero-order valence-corrected chi connectivity index (χ0v) is 27.5. The fourth-order valence-corrected chi connectivity index (χ4v) is 3.94. The SMILES string of the molecule is C/C=C\C(=C/CC)CC.CCC.CCC(C)C(CCl)=NC(=C(C)C)C(C)C.Cc1cc(Cl)cc(Cl)c1. The number of benzene rings is 1. The Labute approximate surface area is 240 Å². The summed E-state index contributed by atoms with van der Waals surface area (Å²) in [5, 5.41) is 1.39. The average molecular weight is 559 g/mol. The van der Waals surface area contributed by atoms with Crippen molar-refractivity contribution in [1.82, 2.24) is 0 Å². The number of hydrogen-bond acceptors (Lipinski definition) is 1. The van der Waals surface area contributed by atoms with Crippen molar-refractivity contribution in [2.75, 3.05) is 5.88 Å². The van der Waals surface area contributed by atoms with Crippen LogP contribution < -0.4 is 0 Å². The first-order valence-electron chi connectivity index (χ1n) is 13.4.